The number of aliphatic hydroxyl groups excluding tert-OH is 1. The third-order valence-electron chi connectivity index (χ3n) is 3.33. The summed E-state index contributed by atoms with van der Waals surface area (Å²) in [5.41, 5.74) is 6.67. The number of aliphatic hydroxyl groups is 1. The Balaban J connectivity index is 0.000000369. The summed E-state index contributed by atoms with van der Waals surface area (Å²) >= 11 is 0. The van der Waals surface area contributed by atoms with Crippen LogP contribution in [0.3, 0.4) is 0 Å². The number of aryl methyl sites for hydroxylation is 1. The number of carbonyl (C=O) groups excluding carboxylic acids is 1. The lowest BCUT2D eigenvalue weighted by molar-refractivity contribution is -0.149. The van der Waals surface area contributed by atoms with Crippen LogP contribution in [0.25, 0.3) is 0 Å². The van der Waals surface area contributed by atoms with Gasteiger partial charge < -0.3 is 15.6 Å². The summed E-state index contributed by atoms with van der Waals surface area (Å²) in [5, 5.41) is 8.21. The van der Waals surface area contributed by atoms with Crippen molar-refractivity contribution in [3.63, 3.8) is 0 Å². The SMILES string of the molecule is CC(CCc1ccccc1)OC(=O)[C@H](C)N.OCC1CC1. The number of benzene rings is 1. The fourth-order valence-electron chi connectivity index (χ4n) is 1.68. The van der Waals surface area contributed by atoms with Gasteiger partial charge in [-0.1, -0.05) is 30.3 Å². The van der Waals surface area contributed by atoms with Crippen LogP contribution in [0.15, 0.2) is 30.3 Å². The highest BCUT2D eigenvalue weighted by atomic mass is 16.5. The van der Waals surface area contributed by atoms with E-state index in [2.05, 4.69) is 12.1 Å². The van der Waals surface area contributed by atoms with E-state index in [-0.39, 0.29) is 12.1 Å². The fraction of sp³-hybridized carbons (Fsp3) is 0.588. The van der Waals surface area contributed by atoms with Gasteiger partial charge >= 0.3 is 5.97 Å². The molecule has 0 aliphatic heterocycles. The molecule has 0 bridgehead atoms. The van der Waals surface area contributed by atoms with Gasteiger partial charge in [-0.3, -0.25) is 4.79 Å². The molecule has 21 heavy (non-hydrogen) atoms. The predicted molar refractivity (Wildman–Crippen MR) is 83.8 cm³/mol. The Kier molecular flexibility index (Phi) is 8.01. The van der Waals surface area contributed by atoms with E-state index in [1.165, 1.54) is 18.4 Å². The van der Waals surface area contributed by atoms with Crippen LogP contribution in [-0.2, 0) is 16.0 Å². The van der Waals surface area contributed by atoms with Crippen molar-refractivity contribution in [1.82, 2.24) is 0 Å². The monoisotopic (exact) mass is 293 g/mol. The minimum Gasteiger partial charge on any atom is -0.462 e. The van der Waals surface area contributed by atoms with E-state index in [1.54, 1.807) is 6.92 Å². The van der Waals surface area contributed by atoms with E-state index >= 15 is 0 Å². The average molecular weight is 293 g/mol. The third kappa shape index (κ3) is 8.48. The second kappa shape index (κ2) is 9.53. The molecule has 1 aliphatic rings. The maximum atomic E-state index is 11.2. The van der Waals surface area contributed by atoms with Gasteiger partial charge in [0.05, 0.1) is 6.10 Å². The van der Waals surface area contributed by atoms with Crippen molar-refractivity contribution in [3.8, 4) is 0 Å². The van der Waals surface area contributed by atoms with Crippen LogP contribution < -0.4 is 5.73 Å². The molecule has 0 saturated heterocycles. The zero-order chi connectivity index (χ0) is 15.7. The van der Waals surface area contributed by atoms with Crippen LogP contribution in [0, 0.1) is 5.92 Å². The summed E-state index contributed by atoms with van der Waals surface area (Å²) in [6, 6.07) is 9.60. The normalized spacial score (nSPS) is 16.4. The second-order valence-corrected chi connectivity index (χ2v) is 5.69. The van der Waals surface area contributed by atoms with E-state index < -0.39 is 6.04 Å². The minimum absolute atomic E-state index is 0.0845. The van der Waals surface area contributed by atoms with Crippen LogP contribution in [-0.4, -0.2) is 29.8 Å². The van der Waals surface area contributed by atoms with E-state index in [0.717, 1.165) is 12.8 Å². The molecular weight excluding hydrogens is 266 g/mol. The molecule has 2 atom stereocenters. The van der Waals surface area contributed by atoms with Gasteiger partial charge in [-0.15, -0.1) is 0 Å². The number of carbonyl (C=O) groups is 1. The van der Waals surface area contributed by atoms with Crippen molar-refractivity contribution < 1.29 is 14.6 Å². The number of esters is 1. The Morgan fingerprint density at radius 2 is 1.95 bits per heavy atom. The first-order valence-corrected chi connectivity index (χ1v) is 7.63. The standard InChI is InChI=1S/C13H19NO2.C4H8O/c1-10(16-13(15)11(2)14)8-9-12-6-4-3-5-7-12;5-3-4-1-2-4/h3-7,10-11H,8-9,14H2,1-2H3;4-5H,1-3H2/t10?,11-;/m0./s1. The molecule has 1 aliphatic carbocycles. The largest absolute Gasteiger partial charge is 0.462 e. The Labute approximate surface area is 127 Å². The van der Waals surface area contributed by atoms with Crippen molar-refractivity contribution in [2.24, 2.45) is 11.7 Å². The van der Waals surface area contributed by atoms with Crippen molar-refractivity contribution in [2.75, 3.05) is 6.61 Å². The predicted octanol–water partition coefficient (Wildman–Crippen LogP) is 2.29. The Bertz CT molecular complexity index is 402. The Morgan fingerprint density at radius 3 is 2.38 bits per heavy atom. The Morgan fingerprint density at radius 1 is 1.33 bits per heavy atom. The lowest BCUT2D eigenvalue weighted by atomic mass is 10.1. The highest BCUT2D eigenvalue weighted by Crippen LogP contribution is 2.27. The molecule has 1 aromatic carbocycles. The third-order valence-corrected chi connectivity index (χ3v) is 3.33. The highest BCUT2D eigenvalue weighted by Gasteiger charge is 2.18. The molecule has 1 unspecified atom stereocenters. The quantitative estimate of drug-likeness (QED) is 0.789. The molecule has 4 nitrogen and oxygen atoms in total. The average Bonchev–Trinajstić information content (AvgIpc) is 3.31. The number of rotatable bonds is 6. The van der Waals surface area contributed by atoms with Gasteiger partial charge in [0.2, 0.25) is 0 Å². The molecule has 1 aromatic rings. The van der Waals surface area contributed by atoms with Gasteiger partial charge in [0.25, 0.3) is 0 Å². The van der Waals surface area contributed by atoms with Crippen molar-refractivity contribution in [1.29, 1.82) is 0 Å². The zero-order valence-electron chi connectivity index (χ0n) is 13.0. The lowest BCUT2D eigenvalue weighted by Crippen LogP contribution is -2.31. The maximum absolute atomic E-state index is 11.2. The molecule has 118 valence electrons. The summed E-state index contributed by atoms with van der Waals surface area (Å²) in [7, 11) is 0. The van der Waals surface area contributed by atoms with Crippen LogP contribution in [0.5, 0.6) is 0 Å². The fourth-order valence-corrected chi connectivity index (χ4v) is 1.68. The van der Waals surface area contributed by atoms with Crippen molar-refractivity contribution in [2.45, 2.75) is 51.7 Å². The smallest absolute Gasteiger partial charge is 0.322 e. The molecular formula is C17H27NO3. The number of hydrogen-bond donors (Lipinski definition) is 2. The summed E-state index contributed by atoms with van der Waals surface area (Å²) in [6.45, 7) is 3.94. The first-order chi connectivity index (χ1) is 10.0. The number of hydrogen-bond acceptors (Lipinski definition) is 4. The van der Waals surface area contributed by atoms with E-state index in [9.17, 15) is 4.79 Å². The summed E-state index contributed by atoms with van der Waals surface area (Å²) < 4.78 is 5.17. The second-order valence-electron chi connectivity index (χ2n) is 5.69. The molecule has 0 radical (unpaired) electrons. The van der Waals surface area contributed by atoms with Crippen molar-refractivity contribution in [3.05, 3.63) is 35.9 Å². The van der Waals surface area contributed by atoms with Gasteiger partial charge in [-0.25, -0.2) is 0 Å². The maximum Gasteiger partial charge on any atom is 0.322 e. The molecule has 0 amide bonds. The van der Waals surface area contributed by atoms with E-state index in [1.807, 2.05) is 25.1 Å². The van der Waals surface area contributed by atoms with Gasteiger partial charge in [0.1, 0.15) is 6.04 Å². The summed E-state index contributed by atoms with van der Waals surface area (Å²) in [4.78, 5) is 11.2. The van der Waals surface area contributed by atoms with Gasteiger partial charge in [-0.2, -0.15) is 0 Å². The molecule has 2 rings (SSSR count). The first kappa shape index (κ1) is 17.7. The van der Waals surface area contributed by atoms with E-state index in [4.69, 9.17) is 15.6 Å². The van der Waals surface area contributed by atoms with Gasteiger partial charge in [-0.05, 0) is 51.0 Å². The van der Waals surface area contributed by atoms with Crippen LogP contribution in [0.2, 0.25) is 0 Å². The zero-order valence-corrected chi connectivity index (χ0v) is 13.0. The summed E-state index contributed by atoms with van der Waals surface area (Å²) in [5.74, 6) is 0.357. The van der Waals surface area contributed by atoms with Crippen molar-refractivity contribution >= 4 is 5.97 Å². The Hall–Kier alpha value is -1.39. The molecule has 3 N–H and O–H groups in total. The molecule has 1 saturated carbocycles. The van der Waals surface area contributed by atoms with Crippen LogP contribution >= 0.6 is 0 Å². The van der Waals surface area contributed by atoms with Gasteiger partial charge in [0, 0.05) is 6.61 Å². The number of nitrogens with two attached hydrogens (primary N) is 1. The molecule has 0 spiro atoms. The summed E-state index contributed by atoms with van der Waals surface area (Å²) in [6.07, 6.45) is 4.17. The molecule has 0 heterocycles. The van der Waals surface area contributed by atoms with Gasteiger partial charge in [0.15, 0.2) is 0 Å². The molecule has 0 aromatic heterocycles. The van der Waals surface area contributed by atoms with Crippen LogP contribution in [0.4, 0.5) is 0 Å². The van der Waals surface area contributed by atoms with Crippen LogP contribution in [0.1, 0.15) is 38.7 Å². The number of ether oxygens (including phenoxy) is 1. The molecule has 1 fully saturated rings. The highest BCUT2D eigenvalue weighted by molar-refractivity contribution is 5.75. The first-order valence-electron chi connectivity index (χ1n) is 7.63. The van der Waals surface area contributed by atoms with E-state index in [0.29, 0.717) is 12.5 Å². The lowest BCUT2D eigenvalue weighted by Gasteiger charge is -2.14. The minimum atomic E-state index is -0.542. The topological polar surface area (TPSA) is 72.5 Å². The molecule has 4 heteroatoms.